The molecule has 1 aromatic carbocycles. The zero-order chi connectivity index (χ0) is 18.8. The summed E-state index contributed by atoms with van der Waals surface area (Å²) in [5.74, 6) is -1.30. The normalized spacial score (nSPS) is 13.3. The lowest BCUT2D eigenvalue weighted by molar-refractivity contribution is 0.251. The maximum Gasteiger partial charge on any atom is 0.321 e. The Hall–Kier alpha value is -3.49. The Kier molecular flexibility index (Phi) is 4.41. The maximum absolute atomic E-state index is 14.4. The number of anilines is 1. The smallest absolute Gasteiger partial charge is 0.321 e. The Labute approximate surface area is 152 Å². The van der Waals surface area contributed by atoms with E-state index < -0.39 is 17.7 Å². The number of carbonyl (C=O) groups is 1. The van der Waals surface area contributed by atoms with Gasteiger partial charge in [-0.25, -0.2) is 18.6 Å². The third kappa shape index (κ3) is 3.71. The number of rotatable bonds is 4. The number of hydrogen-bond donors (Lipinski definition) is 2. The molecule has 0 saturated heterocycles. The van der Waals surface area contributed by atoms with Crippen LogP contribution >= 0.6 is 0 Å². The molecule has 7 nitrogen and oxygen atoms in total. The van der Waals surface area contributed by atoms with Crippen molar-refractivity contribution in [1.29, 1.82) is 0 Å². The first-order valence-electron chi connectivity index (χ1n) is 8.29. The van der Waals surface area contributed by atoms with Gasteiger partial charge in [0.25, 0.3) is 5.95 Å². The predicted molar refractivity (Wildman–Crippen MR) is 93.6 cm³/mol. The summed E-state index contributed by atoms with van der Waals surface area (Å²) in [6.07, 6.45) is 4.26. The number of amides is 2. The van der Waals surface area contributed by atoms with Gasteiger partial charge in [-0.05, 0) is 31.0 Å². The molecule has 2 heterocycles. The Morgan fingerprint density at radius 1 is 1.00 bits per heavy atom. The van der Waals surface area contributed by atoms with Crippen LogP contribution < -0.4 is 10.6 Å². The molecular formula is C18H14F2N6O. The number of pyridine rings is 1. The minimum Gasteiger partial charge on any atom is -0.335 e. The second kappa shape index (κ2) is 7.02. The second-order valence-corrected chi connectivity index (χ2v) is 6.04. The Bertz CT molecular complexity index is 1010. The topological polar surface area (TPSA) is 92.7 Å². The summed E-state index contributed by atoms with van der Waals surface area (Å²) in [7, 11) is 0. The number of urea groups is 1. The fourth-order valence-corrected chi connectivity index (χ4v) is 2.52. The average molecular weight is 368 g/mol. The van der Waals surface area contributed by atoms with Crippen molar-refractivity contribution in [1.82, 2.24) is 25.5 Å². The standard InChI is InChI=1S/C18H14F2N6O/c19-13-4-2-1-3-11(13)15-16(12-7-8-21-9-14(12)20)25-26-17(23-15)24-18(27)22-10-5-6-10/h1-4,7-10H,5-6H2,(H2,22,23,24,26,27). The van der Waals surface area contributed by atoms with Crippen LogP contribution in [0.3, 0.4) is 0 Å². The molecule has 9 heteroatoms. The number of hydrogen-bond acceptors (Lipinski definition) is 5. The van der Waals surface area contributed by atoms with Crippen molar-refractivity contribution < 1.29 is 13.6 Å². The quantitative estimate of drug-likeness (QED) is 0.738. The molecule has 0 atom stereocenters. The van der Waals surface area contributed by atoms with Crippen LogP contribution in [-0.2, 0) is 0 Å². The van der Waals surface area contributed by atoms with Gasteiger partial charge in [0.1, 0.15) is 17.2 Å². The lowest BCUT2D eigenvalue weighted by Crippen LogP contribution is -2.31. The average Bonchev–Trinajstić information content (AvgIpc) is 3.47. The van der Waals surface area contributed by atoms with Crippen LogP contribution in [0.2, 0.25) is 0 Å². The van der Waals surface area contributed by atoms with E-state index in [0.717, 1.165) is 19.0 Å². The van der Waals surface area contributed by atoms with Gasteiger partial charge in [-0.1, -0.05) is 12.1 Å². The highest BCUT2D eigenvalue weighted by molar-refractivity contribution is 5.88. The highest BCUT2D eigenvalue weighted by Crippen LogP contribution is 2.31. The summed E-state index contributed by atoms with van der Waals surface area (Å²) in [6, 6.07) is 6.99. The largest absolute Gasteiger partial charge is 0.335 e. The highest BCUT2D eigenvalue weighted by atomic mass is 19.1. The Morgan fingerprint density at radius 3 is 2.52 bits per heavy atom. The van der Waals surface area contributed by atoms with Gasteiger partial charge >= 0.3 is 6.03 Å². The van der Waals surface area contributed by atoms with Crippen LogP contribution in [-0.4, -0.2) is 32.2 Å². The molecule has 0 aliphatic heterocycles. The molecule has 4 rings (SSSR count). The van der Waals surface area contributed by atoms with E-state index in [-0.39, 0.29) is 34.5 Å². The van der Waals surface area contributed by atoms with E-state index in [9.17, 15) is 13.6 Å². The molecule has 0 spiro atoms. The van der Waals surface area contributed by atoms with Crippen LogP contribution in [0, 0.1) is 11.6 Å². The van der Waals surface area contributed by atoms with Gasteiger partial charge in [-0.3, -0.25) is 10.3 Å². The first-order chi connectivity index (χ1) is 13.1. The maximum atomic E-state index is 14.4. The molecule has 0 radical (unpaired) electrons. The Morgan fingerprint density at radius 2 is 1.78 bits per heavy atom. The van der Waals surface area contributed by atoms with Gasteiger partial charge in [-0.2, -0.15) is 0 Å². The number of halogens is 2. The van der Waals surface area contributed by atoms with Gasteiger partial charge in [0, 0.05) is 23.4 Å². The third-order valence-electron chi connectivity index (χ3n) is 3.98. The monoisotopic (exact) mass is 368 g/mol. The summed E-state index contributed by atoms with van der Waals surface area (Å²) in [4.78, 5) is 19.8. The van der Waals surface area contributed by atoms with Crippen LogP contribution in [0.4, 0.5) is 19.5 Å². The fourth-order valence-electron chi connectivity index (χ4n) is 2.52. The van der Waals surface area contributed by atoms with Crippen LogP contribution in [0.1, 0.15) is 12.8 Å². The van der Waals surface area contributed by atoms with Gasteiger partial charge < -0.3 is 5.32 Å². The zero-order valence-corrected chi connectivity index (χ0v) is 14.0. The fraction of sp³-hybridized carbons (Fsp3) is 0.167. The number of nitrogens with zero attached hydrogens (tertiary/aromatic N) is 4. The molecule has 0 unspecified atom stereocenters. The lowest BCUT2D eigenvalue weighted by atomic mass is 10.0. The van der Waals surface area contributed by atoms with Crippen molar-refractivity contribution in [3.05, 3.63) is 54.4 Å². The third-order valence-corrected chi connectivity index (χ3v) is 3.98. The van der Waals surface area contributed by atoms with Crippen LogP contribution in [0.5, 0.6) is 0 Å². The number of nitrogens with one attached hydrogen (secondary N) is 2. The number of aromatic nitrogens is 4. The summed E-state index contributed by atoms with van der Waals surface area (Å²) in [5, 5.41) is 13.0. The highest BCUT2D eigenvalue weighted by Gasteiger charge is 2.24. The summed E-state index contributed by atoms with van der Waals surface area (Å²) in [6.45, 7) is 0. The summed E-state index contributed by atoms with van der Waals surface area (Å²) >= 11 is 0. The molecule has 0 bridgehead atoms. The first-order valence-corrected chi connectivity index (χ1v) is 8.29. The van der Waals surface area contributed by atoms with E-state index in [1.165, 1.54) is 30.5 Å². The first kappa shape index (κ1) is 17.0. The predicted octanol–water partition coefficient (Wildman–Crippen LogP) is 3.16. The van der Waals surface area contributed by atoms with Gasteiger partial charge in [0.05, 0.1) is 6.20 Å². The molecule has 2 amide bonds. The van der Waals surface area contributed by atoms with Gasteiger partial charge in [-0.15, -0.1) is 10.2 Å². The number of benzene rings is 1. The summed E-state index contributed by atoms with van der Waals surface area (Å²) in [5.41, 5.74) is 0.310. The number of carbonyl (C=O) groups excluding carboxylic acids is 1. The lowest BCUT2D eigenvalue weighted by Gasteiger charge is -2.11. The van der Waals surface area contributed by atoms with E-state index in [1.54, 1.807) is 6.07 Å². The minimum atomic E-state index is -0.640. The van der Waals surface area contributed by atoms with E-state index >= 15 is 0 Å². The van der Waals surface area contributed by atoms with Crippen LogP contribution in [0.25, 0.3) is 22.5 Å². The van der Waals surface area contributed by atoms with E-state index in [1.807, 2.05) is 0 Å². The minimum absolute atomic E-state index is 0.0492. The van der Waals surface area contributed by atoms with E-state index in [0.29, 0.717) is 0 Å². The summed E-state index contributed by atoms with van der Waals surface area (Å²) < 4.78 is 28.6. The molecule has 1 saturated carbocycles. The van der Waals surface area contributed by atoms with Crippen molar-refractivity contribution >= 4 is 12.0 Å². The molecule has 136 valence electrons. The zero-order valence-electron chi connectivity index (χ0n) is 14.0. The Balaban J connectivity index is 1.78. The molecule has 3 aromatic rings. The van der Waals surface area contributed by atoms with Crippen molar-refractivity contribution in [3.8, 4) is 22.5 Å². The second-order valence-electron chi connectivity index (χ2n) is 6.04. The molecule has 1 aliphatic rings. The molecule has 27 heavy (non-hydrogen) atoms. The van der Waals surface area contributed by atoms with Crippen molar-refractivity contribution in [3.63, 3.8) is 0 Å². The van der Waals surface area contributed by atoms with Crippen molar-refractivity contribution in [2.24, 2.45) is 0 Å². The molecule has 1 fully saturated rings. The molecule has 1 aliphatic carbocycles. The molecule has 2 aromatic heterocycles. The molecular weight excluding hydrogens is 354 g/mol. The van der Waals surface area contributed by atoms with Crippen molar-refractivity contribution in [2.45, 2.75) is 18.9 Å². The van der Waals surface area contributed by atoms with E-state index in [2.05, 4.69) is 30.8 Å². The molecule has 2 N–H and O–H groups in total. The SMILES string of the molecule is O=C(Nc1nnc(-c2ccncc2F)c(-c2ccccc2F)n1)NC1CC1. The van der Waals surface area contributed by atoms with Gasteiger partial charge in [0.2, 0.25) is 0 Å². The van der Waals surface area contributed by atoms with E-state index in [4.69, 9.17) is 0 Å². The van der Waals surface area contributed by atoms with Crippen molar-refractivity contribution in [2.75, 3.05) is 5.32 Å². The van der Waals surface area contributed by atoms with Gasteiger partial charge in [0.15, 0.2) is 5.82 Å². The van der Waals surface area contributed by atoms with Crippen LogP contribution in [0.15, 0.2) is 42.7 Å².